The lowest BCUT2D eigenvalue weighted by molar-refractivity contribution is -0.521. The van der Waals surface area contributed by atoms with Gasteiger partial charge in [0, 0.05) is 18.0 Å². The van der Waals surface area contributed by atoms with Crippen LogP contribution in [-0.4, -0.2) is 42.2 Å². The number of benzene rings is 2. The molecule has 0 bridgehead atoms. The maximum atomic E-state index is 11.8. The number of hydrogen-bond donors (Lipinski definition) is 0. The van der Waals surface area contributed by atoms with E-state index in [0.29, 0.717) is 24.6 Å². The number of likely N-dealkylation sites (tertiary alicyclic amines) is 1. The summed E-state index contributed by atoms with van der Waals surface area (Å²) in [6, 6.07) is 15.3. The van der Waals surface area contributed by atoms with E-state index in [1.54, 1.807) is 7.11 Å². The molecule has 2 aliphatic rings. The van der Waals surface area contributed by atoms with Crippen LogP contribution < -0.4 is 9.47 Å². The highest BCUT2D eigenvalue weighted by molar-refractivity contribution is 5.45. The predicted octanol–water partition coefficient (Wildman–Crippen LogP) is 4.26. The van der Waals surface area contributed by atoms with E-state index in [9.17, 15) is 10.1 Å². The average Bonchev–Trinajstić information content (AvgIpc) is 3.39. The number of nitro groups is 1. The molecular weight excluding hydrogens is 368 g/mol. The van der Waals surface area contributed by atoms with Crippen LogP contribution in [0.3, 0.4) is 0 Å². The second kappa shape index (κ2) is 8.82. The summed E-state index contributed by atoms with van der Waals surface area (Å²) in [5.41, 5.74) is 2.13. The second-order valence-electron chi connectivity index (χ2n) is 8.07. The Balaban J connectivity index is 1.55. The van der Waals surface area contributed by atoms with Crippen LogP contribution in [0.25, 0.3) is 0 Å². The minimum atomic E-state index is -0.619. The van der Waals surface area contributed by atoms with E-state index in [4.69, 9.17) is 9.47 Å². The van der Waals surface area contributed by atoms with E-state index in [1.807, 2.05) is 36.4 Å². The van der Waals surface area contributed by atoms with Crippen molar-refractivity contribution in [2.45, 2.75) is 50.3 Å². The normalized spacial score (nSPS) is 22.7. The van der Waals surface area contributed by atoms with Gasteiger partial charge in [0.1, 0.15) is 0 Å². The molecule has 6 heteroatoms. The first-order chi connectivity index (χ1) is 14.1. The molecule has 1 aliphatic carbocycles. The number of ether oxygens (including phenoxy) is 2. The Hall–Kier alpha value is -2.60. The molecular formula is C23H28N2O4. The number of hydrogen-bond acceptors (Lipinski definition) is 5. The van der Waals surface area contributed by atoms with Gasteiger partial charge >= 0.3 is 0 Å². The summed E-state index contributed by atoms with van der Waals surface area (Å²) in [6.07, 6.45) is 4.70. The zero-order valence-corrected chi connectivity index (χ0v) is 16.8. The van der Waals surface area contributed by atoms with Crippen LogP contribution in [0.15, 0.2) is 48.5 Å². The Bertz CT molecular complexity index is 836. The van der Waals surface area contributed by atoms with Gasteiger partial charge in [0.15, 0.2) is 11.5 Å². The molecule has 0 amide bonds. The van der Waals surface area contributed by atoms with Gasteiger partial charge in [-0.05, 0) is 48.9 Å². The maximum absolute atomic E-state index is 11.8. The van der Waals surface area contributed by atoms with Gasteiger partial charge < -0.3 is 9.47 Å². The van der Waals surface area contributed by atoms with Gasteiger partial charge in [-0.25, -0.2) is 0 Å². The van der Waals surface area contributed by atoms with Crippen molar-refractivity contribution in [3.8, 4) is 11.5 Å². The summed E-state index contributed by atoms with van der Waals surface area (Å²) >= 11 is 0. The first kappa shape index (κ1) is 19.7. The summed E-state index contributed by atoms with van der Waals surface area (Å²) in [5.74, 6) is 1.24. The molecule has 1 heterocycles. The Morgan fingerprint density at radius 3 is 2.52 bits per heavy atom. The predicted molar refractivity (Wildman–Crippen MR) is 111 cm³/mol. The van der Waals surface area contributed by atoms with E-state index in [2.05, 4.69) is 17.0 Å². The lowest BCUT2D eigenvalue weighted by Gasteiger charge is -2.19. The molecule has 0 spiro atoms. The Morgan fingerprint density at radius 1 is 1.07 bits per heavy atom. The molecule has 1 saturated heterocycles. The van der Waals surface area contributed by atoms with Crippen LogP contribution in [0.5, 0.6) is 11.5 Å². The van der Waals surface area contributed by atoms with Crippen LogP contribution >= 0.6 is 0 Å². The van der Waals surface area contributed by atoms with Crippen molar-refractivity contribution in [1.82, 2.24) is 4.90 Å². The van der Waals surface area contributed by atoms with Gasteiger partial charge in [-0.3, -0.25) is 15.0 Å². The first-order valence-electron chi connectivity index (χ1n) is 10.4. The third-order valence-electron chi connectivity index (χ3n) is 6.10. The zero-order chi connectivity index (χ0) is 20.2. The Labute approximate surface area is 171 Å². The lowest BCUT2D eigenvalue weighted by atomic mass is 9.94. The fraction of sp³-hybridized carbons (Fsp3) is 0.478. The zero-order valence-electron chi connectivity index (χ0n) is 16.8. The van der Waals surface area contributed by atoms with Crippen molar-refractivity contribution in [3.63, 3.8) is 0 Å². The summed E-state index contributed by atoms with van der Waals surface area (Å²) in [5, 5.41) is 11.8. The van der Waals surface area contributed by atoms with E-state index in [0.717, 1.165) is 24.9 Å². The van der Waals surface area contributed by atoms with Gasteiger partial charge in [-0.2, -0.15) is 0 Å². The van der Waals surface area contributed by atoms with E-state index in [-0.39, 0.29) is 16.9 Å². The molecule has 2 atom stereocenters. The van der Waals surface area contributed by atoms with Crippen LogP contribution in [0.1, 0.15) is 42.7 Å². The monoisotopic (exact) mass is 396 g/mol. The highest BCUT2D eigenvalue weighted by Crippen LogP contribution is 2.37. The summed E-state index contributed by atoms with van der Waals surface area (Å²) < 4.78 is 11.7. The summed E-state index contributed by atoms with van der Waals surface area (Å²) in [7, 11) is 1.63. The van der Waals surface area contributed by atoms with E-state index >= 15 is 0 Å². The third-order valence-corrected chi connectivity index (χ3v) is 6.10. The van der Waals surface area contributed by atoms with Gasteiger partial charge in [-0.1, -0.05) is 36.4 Å². The molecule has 2 aromatic rings. The summed E-state index contributed by atoms with van der Waals surface area (Å²) in [6.45, 7) is 1.84. The standard InChI is InChI=1S/C23H28N2O4/c1-28-22-12-11-18(13-23(22)29-19-9-5-6-10-19)20-15-24(16-21(20)25(26)27)14-17-7-3-2-4-8-17/h2-4,7-8,11-13,19-21H,5-6,9-10,14-16H2,1H3. The highest BCUT2D eigenvalue weighted by Gasteiger charge is 2.42. The number of nitrogens with zero attached hydrogens (tertiary/aromatic N) is 2. The molecule has 0 aromatic heterocycles. The Morgan fingerprint density at radius 2 is 1.83 bits per heavy atom. The minimum Gasteiger partial charge on any atom is -0.493 e. The van der Waals surface area contributed by atoms with Crippen molar-refractivity contribution < 1.29 is 14.4 Å². The fourth-order valence-electron chi connectivity index (χ4n) is 4.58. The van der Waals surface area contributed by atoms with Gasteiger partial charge in [0.2, 0.25) is 6.04 Å². The SMILES string of the molecule is COc1ccc(C2CN(Cc3ccccc3)CC2[N+](=O)[O-])cc1OC1CCCC1. The molecule has 1 saturated carbocycles. The Kier molecular flexibility index (Phi) is 6.00. The maximum Gasteiger partial charge on any atom is 0.233 e. The molecule has 1 aliphatic heterocycles. The molecule has 4 rings (SSSR count). The average molecular weight is 396 g/mol. The molecule has 154 valence electrons. The van der Waals surface area contributed by atoms with Gasteiger partial charge in [-0.15, -0.1) is 0 Å². The fourth-order valence-corrected chi connectivity index (χ4v) is 4.58. The van der Waals surface area contributed by atoms with Crippen molar-refractivity contribution in [2.75, 3.05) is 20.2 Å². The van der Waals surface area contributed by atoms with Gasteiger partial charge in [0.05, 0.1) is 25.7 Å². The molecule has 0 N–H and O–H groups in total. The van der Waals surface area contributed by atoms with Crippen LogP contribution in [-0.2, 0) is 6.54 Å². The smallest absolute Gasteiger partial charge is 0.233 e. The van der Waals surface area contributed by atoms with E-state index in [1.165, 1.54) is 18.4 Å². The molecule has 0 radical (unpaired) electrons. The third kappa shape index (κ3) is 4.53. The van der Waals surface area contributed by atoms with Crippen molar-refractivity contribution >= 4 is 0 Å². The topological polar surface area (TPSA) is 64.8 Å². The summed E-state index contributed by atoms with van der Waals surface area (Å²) in [4.78, 5) is 13.8. The van der Waals surface area contributed by atoms with Crippen molar-refractivity contribution in [2.24, 2.45) is 0 Å². The molecule has 2 unspecified atom stereocenters. The van der Waals surface area contributed by atoms with Gasteiger partial charge in [0.25, 0.3) is 0 Å². The largest absolute Gasteiger partial charge is 0.493 e. The van der Waals surface area contributed by atoms with Crippen LogP contribution in [0.4, 0.5) is 0 Å². The highest BCUT2D eigenvalue weighted by atomic mass is 16.6. The number of rotatable bonds is 7. The van der Waals surface area contributed by atoms with E-state index < -0.39 is 6.04 Å². The van der Waals surface area contributed by atoms with Crippen molar-refractivity contribution in [1.29, 1.82) is 0 Å². The lowest BCUT2D eigenvalue weighted by Crippen LogP contribution is -2.28. The molecule has 29 heavy (non-hydrogen) atoms. The molecule has 2 aromatic carbocycles. The molecule has 2 fully saturated rings. The molecule has 6 nitrogen and oxygen atoms in total. The van der Waals surface area contributed by atoms with Crippen LogP contribution in [0, 0.1) is 10.1 Å². The minimum absolute atomic E-state index is 0.128. The quantitative estimate of drug-likeness (QED) is 0.517. The van der Waals surface area contributed by atoms with Crippen LogP contribution in [0.2, 0.25) is 0 Å². The van der Waals surface area contributed by atoms with Crippen molar-refractivity contribution in [3.05, 3.63) is 69.8 Å². The number of methoxy groups -OCH3 is 1. The first-order valence-corrected chi connectivity index (χ1v) is 10.4. The second-order valence-corrected chi connectivity index (χ2v) is 8.07.